The van der Waals surface area contributed by atoms with Crippen LogP contribution in [-0.4, -0.2) is 40.6 Å². The minimum absolute atomic E-state index is 0.0811. The van der Waals surface area contributed by atoms with Gasteiger partial charge in [-0.05, 0) is 45.6 Å². The summed E-state index contributed by atoms with van der Waals surface area (Å²) in [6.45, 7) is 4.01. The Labute approximate surface area is 200 Å². The second kappa shape index (κ2) is 10.5. The van der Waals surface area contributed by atoms with Gasteiger partial charge in [0.2, 0.25) is 5.91 Å². The number of amides is 3. The first-order valence-electron chi connectivity index (χ1n) is 10.4. The van der Waals surface area contributed by atoms with E-state index in [1.807, 2.05) is 38.1 Å². The van der Waals surface area contributed by atoms with E-state index >= 15 is 0 Å². The monoisotopic (exact) mass is 515 g/mol. The molecule has 0 aliphatic carbocycles. The maximum Gasteiger partial charge on any atom is 0.287 e. The lowest BCUT2D eigenvalue weighted by Gasteiger charge is -2.19. The lowest BCUT2D eigenvalue weighted by Crippen LogP contribution is -2.48. The van der Waals surface area contributed by atoms with Gasteiger partial charge in [-0.3, -0.25) is 19.1 Å². The topological polar surface area (TPSA) is 118 Å². The van der Waals surface area contributed by atoms with Crippen LogP contribution in [-0.2, 0) is 18.4 Å². The molecule has 0 radical (unpaired) electrons. The molecular formula is C23H26BrN5O4. The number of likely N-dealkylation sites (N-methyl/N-ethyl adjacent to an activating group) is 1. The normalized spacial score (nSPS) is 11.8. The van der Waals surface area contributed by atoms with E-state index in [0.717, 1.165) is 11.1 Å². The van der Waals surface area contributed by atoms with Gasteiger partial charge in [-0.1, -0.05) is 32.0 Å². The number of nitrogens with one attached hydrogen (secondary N) is 3. The van der Waals surface area contributed by atoms with E-state index in [2.05, 4.69) is 37.0 Å². The van der Waals surface area contributed by atoms with Crippen molar-refractivity contribution in [2.24, 2.45) is 13.0 Å². The second-order valence-electron chi connectivity index (χ2n) is 7.83. The van der Waals surface area contributed by atoms with Crippen LogP contribution in [0.4, 0.5) is 0 Å². The van der Waals surface area contributed by atoms with Crippen molar-refractivity contribution in [3.8, 4) is 11.3 Å². The number of halogens is 1. The van der Waals surface area contributed by atoms with Crippen LogP contribution < -0.4 is 16.0 Å². The highest BCUT2D eigenvalue weighted by Gasteiger charge is 2.25. The molecule has 3 amide bonds. The van der Waals surface area contributed by atoms with Crippen molar-refractivity contribution < 1.29 is 18.8 Å². The lowest BCUT2D eigenvalue weighted by atomic mass is 10.0. The number of aryl methyl sites for hydroxylation is 1. The number of nitrogens with zero attached hydrogens (tertiary/aromatic N) is 2. The van der Waals surface area contributed by atoms with Gasteiger partial charge in [-0.15, -0.1) is 0 Å². The summed E-state index contributed by atoms with van der Waals surface area (Å²) in [6.07, 6.45) is 0. The number of rotatable bonds is 8. The zero-order valence-corrected chi connectivity index (χ0v) is 20.4. The van der Waals surface area contributed by atoms with Crippen molar-refractivity contribution >= 4 is 33.7 Å². The van der Waals surface area contributed by atoms with Crippen molar-refractivity contribution in [1.82, 2.24) is 25.7 Å². The van der Waals surface area contributed by atoms with Gasteiger partial charge in [0.05, 0.1) is 0 Å². The average Bonchev–Trinajstić information content (AvgIpc) is 3.42. The summed E-state index contributed by atoms with van der Waals surface area (Å²) >= 11 is 3.32. The molecule has 0 fully saturated rings. The molecule has 0 aliphatic rings. The Morgan fingerprint density at radius 3 is 2.52 bits per heavy atom. The highest BCUT2D eigenvalue weighted by Crippen LogP contribution is 2.23. The molecule has 2 heterocycles. The van der Waals surface area contributed by atoms with E-state index in [1.54, 1.807) is 29.9 Å². The maximum absolute atomic E-state index is 12.6. The fourth-order valence-electron chi connectivity index (χ4n) is 3.18. The maximum atomic E-state index is 12.6. The van der Waals surface area contributed by atoms with E-state index in [4.69, 9.17) is 4.42 Å². The van der Waals surface area contributed by atoms with E-state index in [9.17, 15) is 14.4 Å². The molecule has 3 aromatic rings. The van der Waals surface area contributed by atoms with Gasteiger partial charge < -0.3 is 20.4 Å². The Morgan fingerprint density at radius 1 is 1.12 bits per heavy atom. The Hall–Kier alpha value is -3.40. The van der Waals surface area contributed by atoms with Gasteiger partial charge in [-0.25, -0.2) is 0 Å². The summed E-state index contributed by atoms with van der Waals surface area (Å²) in [5.41, 5.74) is 1.93. The molecular weight excluding hydrogens is 490 g/mol. The third-order valence-electron chi connectivity index (χ3n) is 5.03. The van der Waals surface area contributed by atoms with Crippen LogP contribution in [0.15, 0.2) is 51.5 Å². The molecule has 3 N–H and O–H groups in total. The van der Waals surface area contributed by atoms with E-state index in [-0.39, 0.29) is 23.5 Å². The molecule has 0 bridgehead atoms. The first kappa shape index (κ1) is 24.2. The van der Waals surface area contributed by atoms with Crippen LogP contribution in [0.2, 0.25) is 0 Å². The molecule has 0 saturated heterocycles. The van der Waals surface area contributed by atoms with Crippen LogP contribution in [0.5, 0.6) is 0 Å². The minimum Gasteiger partial charge on any atom is -0.451 e. The first-order chi connectivity index (χ1) is 15.7. The van der Waals surface area contributed by atoms with Crippen LogP contribution >= 0.6 is 15.9 Å². The fourth-order valence-corrected chi connectivity index (χ4v) is 3.48. The fraction of sp³-hybridized carbons (Fsp3) is 0.304. The van der Waals surface area contributed by atoms with Gasteiger partial charge in [0, 0.05) is 32.3 Å². The molecule has 33 heavy (non-hydrogen) atoms. The largest absolute Gasteiger partial charge is 0.451 e. The molecule has 0 saturated carbocycles. The highest BCUT2D eigenvalue weighted by atomic mass is 79.9. The second-order valence-corrected chi connectivity index (χ2v) is 8.64. The van der Waals surface area contributed by atoms with Crippen molar-refractivity contribution in [3.05, 3.63) is 64.1 Å². The summed E-state index contributed by atoms with van der Waals surface area (Å²) in [7, 11) is 3.27. The molecule has 1 atom stereocenters. The van der Waals surface area contributed by atoms with Crippen LogP contribution in [0.1, 0.15) is 40.5 Å². The zero-order chi connectivity index (χ0) is 24.1. The quantitative estimate of drug-likeness (QED) is 0.426. The summed E-state index contributed by atoms with van der Waals surface area (Å²) in [6, 6.07) is 11.7. The lowest BCUT2D eigenvalue weighted by molar-refractivity contribution is -0.123. The number of aromatic nitrogens is 2. The first-order valence-corrected chi connectivity index (χ1v) is 11.2. The molecule has 2 aromatic heterocycles. The number of carbonyl (C=O) groups excluding carboxylic acids is 3. The highest BCUT2D eigenvalue weighted by molar-refractivity contribution is 9.10. The molecule has 0 aliphatic heterocycles. The van der Waals surface area contributed by atoms with Crippen molar-refractivity contribution in [3.63, 3.8) is 0 Å². The zero-order valence-electron chi connectivity index (χ0n) is 18.8. The van der Waals surface area contributed by atoms with E-state index in [0.29, 0.717) is 22.6 Å². The number of benzene rings is 1. The Bertz CT molecular complexity index is 1150. The third kappa shape index (κ3) is 5.89. The Kier molecular flexibility index (Phi) is 7.70. The van der Waals surface area contributed by atoms with E-state index in [1.165, 1.54) is 7.05 Å². The number of carbonyl (C=O) groups is 3. The SMILES string of the molecule is CNC(=O)[C@@H](NC(=O)c1ccc(-c2cccc(CNC(=O)c3cc(Br)n(C)n3)c2)o1)C(C)C. The Morgan fingerprint density at radius 2 is 1.88 bits per heavy atom. The molecule has 0 unspecified atom stereocenters. The smallest absolute Gasteiger partial charge is 0.287 e. The van der Waals surface area contributed by atoms with Gasteiger partial charge in [0.15, 0.2) is 11.5 Å². The molecule has 3 rings (SSSR count). The molecule has 1 aromatic carbocycles. The van der Waals surface area contributed by atoms with Gasteiger partial charge in [0.25, 0.3) is 11.8 Å². The van der Waals surface area contributed by atoms with E-state index < -0.39 is 11.9 Å². The molecule has 10 heteroatoms. The van der Waals surface area contributed by atoms with Gasteiger partial charge in [-0.2, -0.15) is 5.10 Å². The predicted octanol–water partition coefficient (Wildman–Crippen LogP) is 2.87. The van der Waals surface area contributed by atoms with Crippen LogP contribution in [0.25, 0.3) is 11.3 Å². The third-order valence-corrected chi connectivity index (χ3v) is 5.77. The van der Waals surface area contributed by atoms with Crippen molar-refractivity contribution in [2.45, 2.75) is 26.4 Å². The number of furan rings is 1. The predicted molar refractivity (Wildman–Crippen MR) is 126 cm³/mol. The Balaban J connectivity index is 1.67. The summed E-state index contributed by atoms with van der Waals surface area (Å²) < 4.78 is 8.02. The van der Waals surface area contributed by atoms with Crippen LogP contribution in [0.3, 0.4) is 0 Å². The van der Waals surface area contributed by atoms with Gasteiger partial charge in [0.1, 0.15) is 16.4 Å². The number of hydrogen-bond acceptors (Lipinski definition) is 5. The van der Waals surface area contributed by atoms with Gasteiger partial charge >= 0.3 is 0 Å². The summed E-state index contributed by atoms with van der Waals surface area (Å²) in [5, 5.41) is 12.2. The summed E-state index contributed by atoms with van der Waals surface area (Å²) in [5.74, 6) is -0.481. The minimum atomic E-state index is -0.664. The molecule has 174 valence electrons. The number of hydrogen-bond donors (Lipinski definition) is 3. The summed E-state index contributed by atoms with van der Waals surface area (Å²) in [4.78, 5) is 36.9. The standard InChI is InChI=1S/C23H26BrN5O4/c1-13(2)20(23(32)25-3)27-22(31)18-9-8-17(33-18)15-7-5-6-14(10-15)12-26-21(30)16-11-19(24)29(4)28-16/h5-11,13,20H,12H2,1-4H3,(H,25,32)(H,26,30)(H,27,31)/t20-/m0/s1. The average molecular weight is 516 g/mol. The van der Waals surface area contributed by atoms with Crippen molar-refractivity contribution in [1.29, 1.82) is 0 Å². The molecule has 9 nitrogen and oxygen atoms in total. The van der Waals surface area contributed by atoms with Crippen molar-refractivity contribution in [2.75, 3.05) is 7.05 Å². The molecule has 0 spiro atoms. The van der Waals surface area contributed by atoms with Crippen LogP contribution in [0, 0.1) is 5.92 Å².